The smallest absolute Gasteiger partial charge is 0.494 e. The number of benzene rings is 11. The summed E-state index contributed by atoms with van der Waals surface area (Å²) in [5.41, 5.74) is 15.1. The first-order chi connectivity index (χ1) is 52.7. The summed E-state index contributed by atoms with van der Waals surface area (Å²) in [5.74, 6) is 0.275. The van der Waals surface area contributed by atoms with Gasteiger partial charge in [0, 0.05) is 89.9 Å². The quantitative estimate of drug-likeness (QED) is 0.145. The molecule has 0 saturated carbocycles. The lowest BCUT2D eigenvalue weighted by Gasteiger charge is -2.32. The summed E-state index contributed by atoms with van der Waals surface area (Å²) in [4.78, 5) is 12.8. The molecule has 3 aliphatic rings. The van der Waals surface area contributed by atoms with Crippen molar-refractivity contribution < 1.29 is 41.9 Å². The van der Waals surface area contributed by atoms with Gasteiger partial charge < -0.3 is 41.9 Å². The van der Waals surface area contributed by atoms with Crippen LogP contribution in [0.2, 0.25) is 0 Å². The number of nitrogens with zero attached hydrogens (tertiary/aromatic N) is 3. The van der Waals surface area contributed by atoms with Crippen LogP contribution in [0.4, 0.5) is 0 Å². The Morgan fingerprint density at radius 2 is 0.627 bits per heavy atom. The number of aromatic hydroxyl groups is 1. The number of phenolic OH excluding ortho intramolecular Hbond substituents is 1. The Morgan fingerprint density at radius 3 is 1.08 bits per heavy atom. The first-order valence-electron chi connectivity index (χ1n) is 37.1. The van der Waals surface area contributed by atoms with Gasteiger partial charge in [0.25, 0.3) is 0 Å². The average Bonchev–Trinajstić information content (AvgIpc) is 1.52. The number of halogens is 2. The molecule has 0 aliphatic carbocycles. The fourth-order valence-electron chi connectivity index (χ4n) is 14.6. The summed E-state index contributed by atoms with van der Waals surface area (Å²) >= 11 is 7.06. The van der Waals surface area contributed by atoms with Crippen LogP contribution in [-0.4, -0.2) is 75.0 Å². The highest BCUT2D eigenvalue weighted by Gasteiger charge is 2.55. The van der Waals surface area contributed by atoms with E-state index < -0.39 is 7.12 Å². The number of phenols is 1. The van der Waals surface area contributed by atoms with Crippen LogP contribution in [0, 0.1) is 0 Å². The summed E-state index contributed by atoms with van der Waals surface area (Å²) in [6.45, 7) is 24.8. The lowest BCUT2D eigenvalue weighted by Crippen LogP contribution is -2.41. The van der Waals surface area contributed by atoms with E-state index in [2.05, 4.69) is 288 Å². The minimum atomic E-state index is -0.395. The monoisotopic (exact) mass is 1580 g/mol. The van der Waals surface area contributed by atoms with E-state index in [0.717, 1.165) is 136 Å². The lowest BCUT2D eigenvalue weighted by atomic mass is 9.72. The van der Waals surface area contributed by atoms with Gasteiger partial charge in [0.05, 0.1) is 33.6 Å². The zero-order valence-corrected chi connectivity index (χ0v) is 66.7. The standard InChI is InChI=1S/C33H28BNO3.C21H12BrNO.C21H14BrNO.C18H28B2O4/c1-32(2)33(3,4)38-34(37-32)24-11-7-9-21(17-24)22-14-15-29-28(18-22)31-26-13-6-5-12-25(26)27(19-30(31)36-29)23-10-8-16-35-20-23;22-14-7-8-19-18(10-14)21-16-6-2-1-5-15(16)17(11-20(21)24-19)13-4-3-9-23-12-13;22-15-7-10-21(24)20(12-15)19-9-8-16(14-4-3-11-23-13-14)17-5-1-2-6-18(17)19;1-15(2)16(3,4)22-19(21-15)13-10-9-11-14(12-13)20-23-17(5,6)18(7,8)24-20/h5-20H,1-4H3;1-12H;1-13,24H;9-12H,1-8H3. The lowest BCUT2D eigenvalue weighted by molar-refractivity contribution is 0.00578. The van der Waals surface area contributed by atoms with E-state index >= 15 is 0 Å². The number of aromatic nitrogens is 3. The van der Waals surface area contributed by atoms with Crippen molar-refractivity contribution >= 4 is 146 Å². The van der Waals surface area contributed by atoms with Gasteiger partial charge in [0.15, 0.2) is 0 Å². The molecule has 16 aromatic rings. The topological polar surface area (TPSA) is 141 Å². The molecule has 17 heteroatoms. The molecule has 110 heavy (non-hydrogen) atoms. The van der Waals surface area contributed by atoms with Crippen molar-refractivity contribution in [2.75, 3.05) is 0 Å². The van der Waals surface area contributed by atoms with Gasteiger partial charge in [0.1, 0.15) is 28.1 Å². The maximum absolute atomic E-state index is 10.3. The molecular weight excluding hydrogens is 1500 g/mol. The number of hydrogen-bond acceptors (Lipinski definition) is 12. The number of rotatable bonds is 8. The van der Waals surface area contributed by atoms with Gasteiger partial charge >= 0.3 is 21.4 Å². The predicted molar refractivity (Wildman–Crippen MR) is 458 cm³/mol. The summed E-state index contributed by atoms with van der Waals surface area (Å²) in [6.07, 6.45) is 11.0. The third kappa shape index (κ3) is 14.1. The fourth-order valence-corrected chi connectivity index (χ4v) is 15.4. The minimum absolute atomic E-state index is 0.275. The summed E-state index contributed by atoms with van der Waals surface area (Å²) < 4.78 is 51.7. The van der Waals surface area contributed by atoms with Gasteiger partial charge in [0.2, 0.25) is 0 Å². The van der Waals surface area contributed by atoms with Crippen molar-refractivity contribution in [2.24, 2.45) is 0 Å². The first-order valence-corrected chi connectivity index (χ1v) is 38.7. The second-order valence-corrected chi connectivity index (χ2v) is 33.2. The van der Waals surface area contributed by atoms with E-state index in [4.69, 9.17) is 36.8 Å². The minimum Gasteiger partial charge on any atom is -0.507 e. The Balaban J connectivity index is 0.000000114. The zero-order chi connectivity index (χ0) is 76.7. The predicted octanol–water partition coefficient (Wildman–Crippen LogP) is 22.7. The van der Waals surface area contributed by atoms with Crippen LogP contribution < -0.4 is 16.4 Å². The molecule has 3 fully saturated rings. The van der Waals surface area contributed by atoms with Gasteiger partial charge in [-0.25, -0.2) is 0 Å². The number of hydrogen-bond donors (Lipinski definition) is 1. The van der Waals surface area contributed by atoms with E-state index in [1.807, 2.05) is 91.4 Å². The highest BCUT2D eigenvalue weighted by molar-refractivity contribution is 9.10. The Morgan fingerprint density at radius 1 is 0.273 bits per heavy atom. The Labute approximate surface area is 658 Å². The second-order valence-electron chi connectivity index (χ2n) is 31.4. The molecule has 0 spiro atoms. The first kappa shape index (κ1) is 74.1. The number of fused-ring (bicyclic) bond motifs is 11. The van der Waals surface area contributed by atoms with Gasteiger partial charge in [-0.3, -0.25) is 15.0 Å². The van der Waals surface area contributed by atoms with Crippen LogP contribution in [0.25, 0.3) is 132 Å². The Hall–Kier alpha value is -10.0. The van der Waals surface area contributed by atoms with Crippen LogP contribution in [-0.2, 0) is 27.9 Å². The van der Waals surface area contributed by atoms with Crippen molar-refractivity contribution in [1.82, 2.24) is 15.0 Å². The number of pyridine rings is 3. The molecule has 0 unspecified atom stereocenters. The molecule has 11 aromatic carbocycles. The fraction of sp³-hybridized carbons (Fsp3) is 0.194. The summed E-state index contributed by atoms with van der Waals surface area (Å²) in [6, 6.07) is 80.4. The molecule has 0 amide bonds. The normalized spacial score (nSPS) is 16.5. The summed E-state index contributed by atoms with van der Waals surface area (Å²) in [7, 11) is -1.15. The van der Waals surface area contributed by atoms with Crippen LogP contribution in [0.3, 0.4) is 0 Å². The zero-order valence-electron chi connectivity index (χ0n) is 63.5. The molecule has 0 atom stereocenters. The van der Waals surface area contributed by atoms with E-state index in [9.17, 15) is 5.11 Å². The molecule has 0 radical (unpaired) electrons. The largest absolute Gasteiger partial charge is 0.507 e. The molecule has 0 bridgehead atoms. The van der Waals surface area contributed by atoms with Gasteiger partial charge in [-0.2, -0.15) is 0 Å². The van der Waals surface area contributed by atoms with Crippen molar-refractivity contribution in [3.63, 3.8) is 0 Å². The van der Waals surface area contributed by atoms with Crippen molar-refractivity contribution in [1.29, 1.82) is 0 Å². The maximum Gasteiger partial charge on any atom is 0.494 e. The van der Waals surface area contributed by atoms with Crippen molar-refractivity contribution in [3.05, 3.63) is 283 Å². The van der Waals surface area contributed by atoms with Crippen molar-refractivity contribution in [2.45, 2.75) is 117 Å². The average molecular weight is 1580 g/mol. The van der Waals surface area contributed by atoms with E-state index in [1.54, 1.807) is 24.7 Å². The molecule has 8 heterocycles. The third-order valence-electron chi connectivity index (χ3n) is 22.7. The van der Waals surface area contributed by atoms with Gasteiger partial charge in [-0.05, 0) is 244 Å². The molecule has 19 rings (SSSR count). The highest BCUT2D eigenvalue weighted by Crippen LogP contribution is 2.46. The molecule has 3 aliphatic heterocycles. The van der Waals surface area contributed by atoms with Crippen molar-refractivity contribution in [3.8, 4) is 61.4 Å². The van der Waals surface area contributed by atoms with Crippen LogP contribution in [0.1, 0.15) is 83.1 Å². The van der Waals surface area contributed by atoms with E-state index in [1.165, 1.54) is 21.5 Å². The maximum atomic E-state index is 10.3. The Kier molecular flexibility index (Phi) is 19.5. The summed E-state index contributed by atoms with van der Waals surface area (Å²) in [5, 5.41) is 21.8. The molecular formula is C93H82B3Br2N3O9. The van der Waals surface area contributed by atoms with Crippen LogP contribution >= 0.6 is 31.9 Å². The number of furan rings is 2. The molecule has 1 N–H and O–H groups in total. The van der Waals surface area contributed by atoms with E-state index in [0.29, 0.717) is 0 Å². The van der Waals surface area contributed by atoms with E-state index in [-0.39, 0.29) is 53.6 Å². The Bertz CT molecular complexity index is 6070. The molecule has 12 nitrogen and oxygen atoms in total. The van der Waals surface area contributed by atoms with Crippen LogP contribution in [0.5, 0.6) is 5.75 Å². The SMILES string of the molecule is Brc1ccc2oc3cc(-c4cccnc4)c4ccccc4c3c2c1.CC1(C)OB(c2cccc(-c3ccc4oc5cc(-c6cccnc6)c6ccccc6c5c4c3)c2)OC1(C)C.CC1(C)OB(c2cccc(B3OC(C)(C)C(C)(C)O3)c2)OC1(C)C.Oc1ccc(Br)cc1-c1ccc(-c2cccnc2)c2ccccc12. The van der Waals surface area contributed by atoms with Gasteiger partial charge in [-0.1, -0.05) is 190 Å². The van der Waals surface area contributed by atoms with Gasteiger partial charge in [-0.15, -0.1) is 0 Å². The second kappa shape index (κ2) is 29.0. The highest BCUT2D eigenvalue weighted by atomic mass is 79.9. The molecule has 3 saturated heterocycles. The van der Waals surface area contributed by atoms with Crippen LogP contribution in [0.15, 0.2) is 292 Å². The molecule has 5 aromatic heterocycles. The third-order valence-corrected chi connectivity index (χ3v) is 23.7. The molecule has 546 valence electrons.